The fourth-order valence-electron chi connectivity index (χ4n) is 1.84. The molecule has 1 fully saturated rings. The largest absolute Gasteiger partial charge is 0.388 e. The third-order valence-electron chi connectivity index (χ3n) is 3.16. The Kier molecular flexibility index (Phi) is 3.46. The molecule has 1 aromatic rings. The molecule has 2 heterocycles. The topological polar surface area (TPSA) is 73.7 Å². The SMILES string of the molecule is C[C@]1(O)CCN(C(=O)Cc2cncs2)C[C@@H]1O. The van der Waals surface area contributed by atoms with E-state index in [0.29, 0.717) is 19.4 Å². The highest BCUT2D eigenvalue weighted by molar-refractivity contribution is 7.09. The fraction of sp³-hybridized carbons (Fsp3) is 0.636. The van der Waals surface area contributed by atoms with E-state index in [1.54, 1.807) is 23.5 Å². The Balaban J connectivity index is 1.93. The summed E-state index contributed by atoms with van der Waals surface area (Å²) >= 11 is 1.45. The highest BCUT2D eigenvalue weighted by atomic mass is 32.1. The van der Waals surface area contributed by atoms with E-state index in [2.05, 4.69) is 4.98 Å². The Hall–Kier alpha value is -0.980. The number of amides is 1. The van der Waals surface area contributed by atoms with E-state index in [-0.39, 0.29) is 12.5 Å². The molecule has 1 amide bonds. The number of thiazole rings is 1. The second kappa shape index (κ2) is 4.72. The molecule has 0 bridgehead atoms. The summed E-state index contributed by atoms with van der Waals surface area (Å²) < 4.78 is 0. The van der Waals surface area contributed by atoms with E-state index in [4.69, 9.17) is 0 Å². The molecule has 17 heavy (non-hydrogen) atoms. The Bertz CT molecular complexity index is 391. The standard InChI is InChI=1S/C11H16N2O3S/c1-11(16)2-3-13(6-9(11)14)10(15)4-8-5-12-7-17-8/h5,7,9,14,16H,2-4,6H2,1H3/t9-,11-/m0/s1. The van der Waals surface area contributed by atoms with E-state index in [9.17, 15) is 15.0 Å². The first-order valence-electron chi connectivity index (χ1n) is 5.54. The van der Waals surface area contributed by atoms with Crippen LogP contribution in [0.3, 0.4) is 0 Å². The minimum Gasteiger partial charge on any atom is -0.388 e. The van der Waals surface area contributed by atoms with Gasteiger partial charge in [0.15, 0.2) is 0 Å². The number of rotatable bonds is 2. The van der Waals surface area contributed by atoms with Crippen LogP contribution in [-0.4, -0.2) is 50.8 Å². The van der Waals surface area contributed by atoms with Gasteiger partial charge in [0.25, 0.3) is 0 Å². The molecule has 5 nitrogen and oxygen atoms in total. The van der Waals surface area contributed by atoms with Crippen molar-refractivity contribution in [2.24, 2.45) is 0 Å². The summed E-state index contributed by atoms with van der Waals surface area (Å²) in [5.41, 5.74) is 0.611. The van der Waals surface area contributed by atoms with Crippen LogP contribution in [-0.2, 0) is 11.2 Å². The highest BCUT2D eigenvalue weighted by Gasteiger charge is 2.37. The van der Waals surface area contributed by atoms with Crippen LogP contribution < -0.4 is 0 Å². The second-order valence-corrected chi connectivity index (χ2v) is 5.58. The molecule has 0 unspecified atom stereocenters. The average molecular weight is 256 g/mol. The monoisotopic (exact) mass is 256 g/mol. The van der Waals surface area contributed by atoms with Gasteiger partial charge < -0.3 is 15.1 Å². The van der Waals surface area contributed by atoms with E-state index in [0.717, 1.165) is 4.88 Å². The molecular weight excluding hydrogens is 240 g/mol. The van der Waals surface area contributed by atoms with Gasteiger partial charge in [-0.05, 0) is 13.3 Å². The number of carbonyl (C=O) groups excluding carboxylic acids is 1. The first-order valence-corrected chi connectivity index (χ1v) is 6.42. The Morgan fingerprint density at radius 1 is 1.76 bits per heavy atom. The normalized spacial score (nSPS) is 29.4. The zero-order chi connectivity index (χ0) is 12.5. The van der Waals surface area contributed by atoms with Crippen LogP contribution in [0.4, 0.5) is 0 Å². The predicted octanol–water partition coefficient (Wildman–Crippen LogP) is 0.0298. The third kappa shape index (κ3) is 2.83. The van der Waals surface area contributed by atoms with Crippen LogP contribution in [0.2, 0.25) is 0 Å². The number of hydrogen-bond acceptors (Lipinski definition) is 5. The first kappa shape index (κ1) is 12.5. The van der Waals surface area contributed by atoms with Crippen molar-refractivity contribution < 1.29 is 15.0 Å². The van der Waals surface area contributed by atoms with Gasteiger partial charge in [0, 0.05) is 24.2 Å². The molecule has 0 saturated carbocycles. The first-order chi connectivity index (χ1) is 7.99. The van der Waals surface area contributed by atoms with Crippen molar-refractivity contribution in [3.05, 3.63) is 16.6 Å². The maximum absolute atomic E-state index is 11.9. The minimum absolute atomic E-state index is 0.0243. The quantitative estimate of drug-likeness (QED) is 0.783. The number of aliphatic hydroxyl groups excluding tert-OH is 1. The van der Waals surface area contributed by atoms with Crippen LogP contribution in [0.25, 0.3) is 0 Å². The van der Waals surface area contributed by atoms with Crippen molar-refractivity contribution in [2.45, 2.75) is 31.5 Å². The molecule has 1 aliphatic rings. The van der Waals surface area contributed by atoms with Crippen LogP contribution in [0.1, 0.15) is 18.2 Å². The summed E-state index contributed by atoms with van der Waals surface area (Å²) in [4.78, 5) is 18.4. The van der Waals surface area contributed by atoms with Gasteiger partial charge >= 0.3 is 0 Å². The smallest absolute Gasteiger partial charge is 0.227 e. The van der Waals surface area contributed by atoms with Gasteiger partial charge in [-0.15, -0.1) is 11.3 Å². The molecule has 6 heteroatoms. The molecule has 2 N–H and O–H groups in total. The van der Waals surface area contributed by atoms with Gasteiger partial charge in [-0.25, -0.2) is 0 Å². The average Bonchev–Trinajstić information content (AvgIpc) is 2.74. The molecule has 0 aromatic carbocycles. The number of nitrogens with zero attached hydrogens (tertiary/aromatic N) is 2. The maximum Gasteiger partial charge on any atom is 0.227 e. The number of β-amino-alcohol motifs (C(OH)–C–C–N with tert-alkyl or cyclic N) is 1. The summed E-state index contributed by atoms with van der Waals surface area (Å²) in [7, 11) is 0. The molecular formula is C11H16N2O3S. The Morgan fingerprint density at radius 3 is 3.12 bits per heavy atom. The van der Waals surface area contributed by atoms with Crippen LogP contribution in [0.15, 0.2) is 11.7 Å². The van der Waals surface area contributed by atoms with Crippen molar-refractivity contribution in [1.82, 2.24) is 9.88 Å². The molecule has 2 atom stereocenters. The lowest BCUT2D eigenvalue weighted by molar-refractivity contribution is -0.145. The van der Waals surface area contributed by atoms with Crippen molar-refractivity contribution in [2.75, 3.05) is 13.1 Å². The van der Waals surface area contributed by atoms with Gasteiger partial charge in [-0.3, -0.25) is 9.78 Å². The molecule has 1 saturated heterocycles. The van der Waals surface area contributed by atoms with Gasteiger partial charge in [0.05, 0.1) is 23.6 Å². The molecule has 0 aliphatic carbocycles. The summed E-state index contributed by atoms with van der Waals surface area (Å²) in [5, 5.41) is 19.5. The van der Waals surface area contributed by atoms with Crippen molar-refractivity contribution >= 4 is 17.2 Å². The van der Waals surface area contributed by atoms with Gasteiger partial charge in [0.1, 0.15) is 0 Å². The van der Waals surface area contributed by atoms with Crippen molar-refractivity contribution in [1.29, 1.82) is 0 Å². The van der Waals surface area contributed by atoms with E-state index in [1.807, 2.05) is 0 Å². The number of piperidine rings is 1. The number of aromatic nitrogens is 1. The minimum atomic E-state index is -1.08. The lowest BCUT2D eigenvalue weighted by Gasteiger charge is -2.39. The molecule has 1 aromatic heterocycles. The van der Waals surface area contributed by atoms with Crippen molar-refractivity contribution in [3.8, 4) is 0 Å². The van der Waals surface area contributed by atoms with Crippen LogP contribution in [0, 0.1) is 0 Å². The van der Waals surface area contributed by atoms with E-state index in [1.165, 1.54) is 11.3 Å². The lowest BCUT2D eigenvalue weighted by atomic mass is 9.90. The fourth-order valence-corrected chi connectivity index (χ4v) is 2.43. The summed E-state index contributed by atoms with van der Waals surface area (Å²) in [6, 6.07) is 0. The summed E-state index contributed by atoms with van der Waals surface area (Å²) in [6.07, 6.45) is 1.53. The number of aliphatic hydroxyl groups is 2. The predicted molar refractivity (Wildman–Crippen MR) is 63.6 cm³/mol. The van der Waals surface area contributed by atoms with Gasteiger partial charge in [-0.1, -0.05) is 0 Å². The molecule has 94 valence electrons. The van der Waals surface area contributed by atoms with Crippen LogP contribution in [0.5, 0.6) is 0 Å². The maximum atomic E-state index is 11.9. The van der Waals surface area contributed by atoms with Gasteiger partial charge in [0.2, 0.25) is 5.91 Å². The third-order valence-corrected chi connectivity index (χ3v) is 3.94. The zero-order valence-electron chi connectivity index (χ0n) is 9.67. The highest BCUT2D eigenvalue weighted by Crippen LogP contribution is 2.22. The zero-order valence-corrected chi connectivity index (χ0v) is 10.5. The van der Waals surface area contributed by atoms with E-state index >= 15 is 0 Å². The summed E-state index contributed by atoms with van der Waals surface area (Å²) in [6.45, 7) is 2.29. The summed E-state index contributed by atoms with van der Waals surface area (Å²) in [5.74, 6) is -0.0243. The molecule has 1 aliphatic heterocycles. The molecule has 0 radical (unpaired) electrons. The lowest BCUT2D eigenvalue weighted by Crippen LogP contribution is -2.55. The van der Waals surface area contributed by atoms with Crippen LogP contribution >= 0.6 is 11.3 Å². The van der Waals surface area contributed by atoms with Crippen molar-refractivity contribution in [3.63, 3.8) is 0 Å². The molecule has 0 spiro atoms. The number of likely N-dealkylation sites (tertiary alicyclic amines) is 1. The Labute approximate surface area is 104 Å². The number of hydrogen-bond donors (Lipinski definition) is 2. The van der Waals surface area contributed by atoms with Gasteiger partial charge in [-0.2, -0.15) is 0 Å². The number of carbonyl (C=O) groups is 1. The molecule has 2 rings (SSSR count). The Morgan fingerprint density at radius 2 is 2.53 bits per heavy atom. The second-order valence-electron chi connectivity index (χ2n) is 4.61. The van der Waals surface area contributed by atoms with E-state index < -0.39 is 11.7 Å².